The van der Waals surface area contributed by atoms with Crippen LogP contribution in [0.25, 0.3) is 0 Å². The zero-order valence-electron chi connectivity index (χ0n) is 21.6. The first-order valence-corrected chi connectivity index (χ1v) is 11.6. The van der Waals surface area contributed by atoms with Gasteiger partial charge in [0.05, 0.1) is 37.0 Å². The lowest BCUT2D eigenvalue weighted by Crippen LogP contribution is -2.48. The van der Waals surface area contributed by atoms with Crippen LogP contribution in [-0.2, 0) is 22.7 Å². The number of Topliss-reactive ketones (excluding diaryl/α,β-unsaturated/α-hetero) is 1. The molecule has 1 aromatic heterocycles. The number of ether oxygens (including phenoxy) is 1. The molecule has 36 heavy (non-hydrogen) atoms. The third-order valence-electron chi connectivity index (χ3n) is 5.17. The summed E-state index contributed by atoms with van der Waals surface area (Å²) in [4.78, 5) is 56.9. The molecule has 1 heterocycles. The van der Waals surface area contributed by atoms with Crippen molar-refractivity contribution in [1.82, 2.24) is 14.5 Å². The number of ketones is 1. The third kappa shape index (κ3) is 7.12. The van der Waals surface area contributed by atoms with Gasteiger partial charge in [-0.3, -0.25) is 23.5 Å². The zero-order valence-corrected chi connectivity index (χ0v) is 21.6. The molecule has 0 bridgehead atoms. The molecule has 196 valence electrons. The molecule has 10 nitrogen and oxygen atoms in total. The maximum absolute atomic E-state index is 13.8. The Kier molecular flexibility index (Phi) is 9.71. The van der Waals surface area contributed by atoms with Crippen molar-refractivity contribution in [3.05, 3.63) is 62.2 Å². The Morgan fingerprint density at radius 1 is 1.11 bits per heavy atom. The fourth-order valence-corrected chi connectivity index (χ4v) is 3.28. The smallest absolute Gasteiger partial charge is 0.331 e. The number of rotatable bonds is 11. The van der Waals surface area contributed by atoms with Crippen LogP contribution in [0, 0.1) is 11.7 Å². The van der Waals surface area contributed by atoms with Crippen LogP contribution in [0.5, 0.6) is 5.75 Å². The van der Waals surface area contributed by atoms with E-state index in [4.69, 9.17) is 9.57 Å². The number of aromatic nitrogens is 2. The molecule has 1 atom stereocenters. The molecule has 0 spiro atoms. The number of nitrogens with one attached hydrogen (secondary N) is 1. The van der Waals surface area contributed by atoms with Crippen LogP contribution in [0.2, 0.25) is 0 Å². The first-order chi connectivity index (χ1) is 16.8. The van der Waals surface area contributed by atoms with Crippen molar-refractivity contribution in [2.45, 2.75) is 66.8 Å². The van der Waals surface area contributed by atoms with Gasteiger partial charge < -0.3 is 14.9 Å². The van der Waals surface area contributed by atoms with Crippen LogP contribution >= 0.6 is 0 Å². The minimum atomic E-state index is -0.768. The number of halogens is 1. The van der Waals surface area contributed by atoms with Gasteiger partial charge in [0.15, 0.2) is 5.78 Å². The summed E-state index contributed by atoms with van der Waals surface area (Å²) in [5.74, 6) is -1.60. The molecule has 1 N–H and O–H groups in total. The van der Waals surface area contributed by atoms with E-state index in [1.165, 1.54) is 19.4 Å². The molecule has 0 aliphatic rings. The summed E-state index contributed by atoms with van der Waals surface area (Å²) < 4.78 is 21.0. The number of benzene rings is 1. The van der Waals surface area contributed by atoms with E-state index in [2.05, 4.69) is 10.5 Å². The van der Waals surface area contributed by atoms with E-state index in [0.717, 1.165) is 21.3 Å². The molecule has 2 rings (SSSR count). The Morgan fingerprint density at radius 2 is 1.78 bits per heavy atom. The van der Waals surface area contributed by atoms with E-state index in [0.29, 0.717) is 0 Å². The number of hydrogen-bond donors (Lipinski definition) is 1. The topological polar surface area (TPSA) is 121 Å². The lowest BCUT2D eigenvalue weighted by atomic mass is 10.1. The van der Waals surface area contributed by atoms with E-state index >= 15 is 0 Å². The van der Waals surface area contributed by atoms with Gasteiger partial charge in [-0.15, -0.1) is 0 Å². The molecule has 0 fully saturated rings. The van der Waals surface area contributed by atoms with Crippen molar-refractivity contribution < 1.29 is 23.6 Å². The summed E-state index contributed by atoms with van der Waals surface area (Å²) in [6.45, 7) is 9.55. The Balaban J connectivity index is 2.58. The first kappa shape index (κ1) is 28.5. The van der Waals surface area contributed by atoms with Gasteiger partial charge in [-0.2, -0.15) is 0 Å². The Morgan fingerprint density at radius 3 is 2.36 bits per heavy atom. The molecular formula is C25H33FN4O6. The first-order valence-electron chi connectivity index (χ1n) is 11.6. The maximum Gasteiger partial charge on any atom is 0.331 e. The lowest BCUT2D eigenvalue weighted by molar-refractivity contribution is -0.124. The van der Waals surface area contributed by atoms with Crippen LogP contribution in [0.3, 0.4) is 0 Å². The minimum Gasteiger partial charge on any atom is -0.496 e. The van der Waals surface area contributed by atoms with E-state index in [-0.39, 0.29) is 47.1 Å². The number of amides is 1. The van der Waals surface area contributed by atoms with Gasteiger partial charge in [0.2, 0.25) is 5.91 Å². The number of hydrogen-bond acceptors (Lipinski definition) is 7. The Labute approximate surface area is 208 Å². The van der Waals surface area contributed by atoms with Gasteiger partial charge in [-0.05, 0) is 45.9 Å². The summed E-state index contributed by atoms with van der Waals surface area (Å²) in [5, 5.41) is 6.71. The highest BCUT2D eigenvalue weighted by atomic mass is 19.1. The molecule has 1 amide bonds. The highest BCUT2D eigenvalue weighted by Crippen LogP contribution is 2.20. The summed E-state index contributed by atoms with van der Waals surface area (Å²) in [6, 6.07) is 2.94. The summed E-state index contributed by atoms with van der Waals surface area (Å²) in [6.07, 6.45) is 0.978. The molecule has 1 unspecified atom stereocenters. The predicted octanol–water partition coefficient (Wildman–Crippen LogP) is 2.35. The van der Waals surface area contributed by atoms with Gasteiger partial charge in [0.1, 0.15) is 17.7 Å². The summed E-state index contributed by atoms with van der Waals surface area (Å²) in [7, 11) is 1.34. The molecule has 0 radical (unpaired) electrons. The molecule has 1 aromatic carbocycles. The fraction of sp³-hybridized carbons (Fsp3) is 0.480. The molecule has 2 aromatic rings. The highest BCUT2D eigenvalue weighted by molar-refractivity contribution is 5.99. The van der Waals surface area contributed by atoms with Crippen molar-refractivity contribution in [3.63, 3.8) is 0 Å². The third-order valence-corrected chi connectivity index (χ3v) is 5.17. The van der Waals surface area contributed by atoms with Crippen molar-refractivity contribution >= 4 is 17.4 Å². The predicted molar refractivity (Wildman–Crippen MR) is 133 cm³/mol. The van der Waals surface area contributed by atoms with Crippen LogP contribution in [0.15, 0.2) is 39.1 Å². The lowest BCUT2D eigenvalue weighted by Gasteiger charge is -2.18. The number of methoxy groups -OCH3 is 1. The highest BCUT2D eigenvalue weighted by Gasteiger charge is 2.21. The van der Waals surface area contributed by atoms with Crippen molar-refractivity contribution in [2.75, 3.05) is 7.11 Å². The fourth-order valence-electron chi connectivity index (χ4n) is 3.28. The van der Waals surface area contributed by atoms with Crippen LogP contribution in [0.4, 0.5) is 4.39 Å². The number of oxime groups is 1. The van der Waals surface area contributed by atoms with Gasteiger partial charge in [-0.25, -0.2) is 9.18 Å². The average molecular weight is 505 g/mol. The molecule has 0 saturated carbocycles. The number of carbonyl (C=O) groups is 2. The number of nitrogens with zero attached hydrogens (tertiary/aromatic N) is 3. The van der Waals surface area contributed by atoms with Crippen LogP contribution in [-0.4, -0.2) is 45.8 Å². The number of carbonyl (C=O) groups excluding carboxylic acids is 2. The van der Waals surface area contributed by atoms with Gasteiger partial charge in [0.25, 0.3) is 5.56 Å². The second-order valence-corrected chi connectivity index (χ2v) is 9.03. The van der Waals surface area contributed by atoms with Crippen LogP contribution in [0.1, 0.15) is 57.5 Å². The van der Waals surface area contributed by atoms with Crippen molar-refractivity contribution in [1.29, 1.82) is 0 Å². The molecule has 11 heteroatoms. The van der Waals surface area contributed by atoms with Gasteiger partial charge in [0, 0.05) is 18.2 Å². The van der Waals surface area contributed by atoms with Gasteiger partial charge >= 0.3 is 5.69 Å². The second-order valence-electron chi connectivity index (χ2n) is 9.03. The standard InChI is InChI=1S/C25H33FN4O6/c1-14(2)23(32)27-16(5)11-30-24(33)20(17(6)28-36-15(3)4)12-29(25(30)34)13-21(31)19-10-18(26)8-9-22(19)35-7/h8-10,12,14-16H,11,13H2,1-7H3,(H,27,32). The average Bonchev–Trinajstić information content (AvgIpc) is 2.81. The largest absolute Gasteiger partial charge is 0.496 e. The van der Waals surface area contributed by atoms with Crippen LogP contribution < -0.4 is 21.3 Å². The van der Waals surface area contributed by atoms with Crippen molar-refractivity contribution in [3.8, 4) is 5.75 Å². The van der Waals surface area contributed by atoms with E-state index in [9.17, 15) is 23.6 Å². The molecular weight excluding hydrogens is 471 g/mol. The van der Waals surface area contributed by atoms with E-state index in [1.54, 1.807) is 41.5 Å². The van der Waals surface area contributed by atoms with Gasteiger partial charge in [-0.1, -0.05) is 19.0 Å². The second kappa shape index (κ2) is 12.3. The van der Waals surface area contributed by atoms with Crippen molar-refractivity contribution in [2.24, 2.45) is 11.1 Å². The van der Waals surface area contributed by atoms with E-state index < -0.39 is 35.4 Å². The summed E-state index contributed by atoms with van der Waals surface area (Å²) in [5.41, 5.74) is -1.22. The monoisotopic (exact) mass is 504 g/mol. The summed E-state index contributed by atoms with van der Waals surface area (Å²) >= 11 is 0. The zero-order chi connectivity index (χ0) is 27.2. The minimum absolute atomic E-state index is 0.0386. The Bertz CT molecular complexity index is 1260. The van der Waals surface area contributed by atoms with E-state index in [1.807, 2.05) is 0 Å². The SMILES string of the molecule is COc1ccc(F)cc1C(=O)Cn1cc(C(C)=NOC(C)C)c(=O)n(CC(C)NC(=O)C(C)C)c1=O. The Hall–Kier alpha value is -3.76. The molecule has 0 saturated heterocycles. The quantitative estimate of drug-likeness (QED) is 0.285. The molecule has 0 aliphatic heterocycles. The maximum atomic E-state index is 13.8. The molecule has 0 aliphatic carbocycles. The normalized spacial score (nSPS) is 12.6.